The van der Waals surface area contributed by atoms with Crippen LogP contribution in [0.25, 0.3) is 11.0 Å². The van der Waals surface area contributed by atoms with E-state index in [0.29, 0.717) is 21.9 Å². The number of esters is 1. The van der Waals surface area contributed by atoms with Crippen molar-refractivity contribution in [1.29, 1.82) is 0 Å². The quantitative estimate of drug-likeness (QED) is 0.261. The molecule has 28 heavy (non-hydrogen) atoms. The molecule has 0 atom stereocenters. The molecule has 2 aromatic carbocycles. The summed E-state index contributed by atoms with van der Waals surface area (Å²) in [6, 6.07) is 14.4. The highest BCUT2D eigenvalue weighted by molar-refractivity contribution is 7.98. The van der Waals surface area contributed by atoms with Gasteiger partial charge in [-0.25, -0.2) is 4.98 Å². The minimum Gasteiger partial charge on any atom is -0.459 e. The molecule has 0 amide bonds. The van der Waals surface area contributed by atoms with Gasteiger partial charge in [-0.2, -0.15) is 0 Å². The molecule has 8 heteroatoms. The Labute approximate surface area is 166 Å². The zero-order chi connectivity index (χ0) is 20.3. The van der Waals surface area contributed by atoms with E-state index in [0.717, 1.165) is 5.56 Å². The number of aromatic nitrogens is 2. The van der Waals surface area contributed by atoms with Crippen LogP contribution in [-0.2, 0) is 21.8 Å². The van der Waals surface area contributed by atoms with Crippen LogP contribution in [0.1, 0.15) is 26.3 Å². The molecule has 0 fully saturated rings. The number of thioether (sulfide) groups is 1. The summed E-state index contributed by atoms with van der Waals surface area (Å²) < 4.78 is 7.11. The van der Waals surface area contributed by atoms with Crippen LogP contribution in [0.4, 0.5) is 5.69 Å². The second-order valence-corrected chi connectivity index (χ2v) is 8.21. The molecule has 0 unspecified atom stereocenters. The molecule has 0 radical (unpaired) electrons. The maximum Gasteiger partial charge on any atom is 0.326 e. The van der Waals surface area contributed by atoms with Crippen LogP contribution in [0.15, 0.2) is 53.7 Å². The summed E-state index contributed by atoms with van der Waals surface area (Å²) in [7, 11) is 0. The second kappa shape index (κ2) is 8.02. The zero-order valence-corrected chi connectivity index (χ0v) is 16.7. The third-order valence-corrected chi connectivity index (χ3v) is 4.87. The number of benzene rings is 2. The van der Waals surface area contributed by atoms with E-state index in [2.05, 4.69) is 4.98 Å². The lowest BCUT2D eigenvalue weighted by atomic mass is 10.2. The number of ether oxygens (including phenoxy) is 1. The van der Waals surface area contributed by atoms with E-state index in [1.807, 2.05) is 30.3 Å². The Morgan fingerprint density at radius 1 is 1.21 bits per heavy atom. The van der Waals surface area contributed by atoms with Gasteiger partial charge in [-0.3, -0.25) is 14.9 Å². The smallest absolute Gasteiger partial charge is 0.326 e. The standard InChI is InChI=1S/C20H21N3O4S/c1-20(2,3)27-18(24)12-22-17-11-15(23(25)26)9-10-16(17)21-19(22)28-13-14-7-5-4-6-8-14/h4-11H,12-13H2,1-3H3. The lowest BCUT2D eigenvalue weighted by Gasteiger charge is -2.20. The second-order valence-electron chi connectivity index (χ2n) is 7.27. The Morgan fingerprint density at radius 3 is 2.57 bits per heavy atom. The number of rotatable bonds is 6. The number of fused-ring (bicyclic) bond motifs is 1. The van der Waals surface area contributed by atoms with E-state index in [-0.39, 0.29) is 12.2 Å². The number of imidazole rings is 1. The molecular formula is C20H21N3O4S. The molecular weight excluding hydrogens is 378 g/mol. The summed E-state index contributed by atoms with van der Waals surface area (Å²) in [5, 5.41) is 11.8. The molecule has 1 heterocycles. The topological polar surface area (TPSA) is 87.3 Å². The first-order chi connectivity index (χ1) is 13.2. The van der Waals surface area contributed by atoms with Crippen molar-refractivity contribution in [2.75, 3.05) is 0 Å². The van der Waals surface area contributed by atoms with Crippen LogP contribution in [0.3, 0.4) is 0 Å². The summed E-state index contributed by atoms with van der Waals surface area (Å²) in [5.41, 5.74) is 1.60. The molecule has 3 aromatic rings. The number of nitro groups is 1. The Balaban J connectivity index is 1.95. The predicted molar refractivity (Wildman–Crippen MR) is 108 cm³/mol. The fraction of sp³-hybridized carbons (Fsp3) is 0.300. The van der Waals surface area contributed by atoms with E-state index in [4.69, 9.17) is 4.74 Å². The van der Waals surface area contributed by atoms with Gasteiger partial charge in [-0.1, -0.05) is 42.1 Å². The van der Waals surface area contributed by atoms with Gasteiger partial charge in [-0.05, 0) is 32.4 Å². The van der Waals surface area contributed by atoms with Gasteiger partial charge in [0.25, 0.3) is 5.69 Å². The molecule has 0 aliphatic rings. The molecule has 0 aliphatic carbocycles. The van der Waals surface area contributed by atoms with Gasteiger partial charge in [0.1, 0.15) is 12.1 Å². The summed E-state index contributed by atoms with van der Waals surface area (Å²) in [6.45, 7) is 5.33. The number of carbonyl (C=O) groups is 1. The van der Waals surface area contributed by atoms with Crippen LogP contribution < -0.4 is 0 Å². The predicted octanol–water partition coefficient (Wildman–Crippen LogP) is 4.58. The van der Waals surface area contributed by atoms with Crippen LogP contribution in [-0.4, -0.2) is 26.0 Å². The van der Waals surface area contributed by atoms with Crippen molar-refractivity contribution in [3.05, 3.63) is 64.2 Å². The lowest BCUT2D eigenvalue weighted by Crippen LogP contribution is -2.26. The normalized spacial score (nSPS) is 11.5. The lowest BCUT2D eigenvalue weighted by molar-refractivity contribution is -0.384. The van der Waals surface area contributed by atoms with Crippen molar-refractivity contribution in [2.45, 2.75) is 43.8 Å². The summed E-state index contributed by atoms with van der Waals surface area (Å²) in [4.78, 5) is 27.7. The molecule has 0 saturated carbocycles. The minimum atomic E-state index is -0.614. The van der Waals surface area contributed by atoms with Crippen LogP contribution in [0.2, 0.25) is 0 Å². The first-order valence-electron chi connectivity index (χ1n) is 8.76. The fourth-order valence-electron chi connectivity index (χ4n) is 2.69. The number of carbonyl (C=O) groups excluding carboxylic acids is 1. The minimum absolute atomic E-state index is 0.0440. The number of hydrogen-bond donors (Lipinski definition) is 0. The van der Waals surface area contributed by atoms with Gasteiger partial charge in [0.15, 0.2) is 5.16 Å². The molecule has 0 N–H and O–H groups in total. The maximum absolute atomic E-state index is 12.4. The molecule has 146 valence electrons. The van der Waals surface area contributed by atoms with E-state index in [9.17, 15) is 14.9 Å². The highest BCUT2D eigenvalue weighted by Crippen LogP contribution is 2.29. The average Bonchev–Trinajstić information content (AvgIpc) is 2.96. The van der Waals surface area contributed by atoms with Crippen molar-refractivity contribution in [3.63, 3.8) is 0 Å². The van der Waals surface area contributed by atoms with Crippen LogP contribution >= 0.6 is 11.8 Å². The van der Waals surface area contributed by atoms with Crippen molar-refractivity contribution in [1.82, 2.24) is 9.55 Å². The average molecular weight is 399 g/mol. The van der Waals surface area contributed by atoms with Gasteiger partial charge in [-0.15, -0.1) is 0 Å². The highest BCUT2D eigenvalue weighted by atomic mass is 32.2. The Kier molecular flexibility index (Phi) is 5.69. The van der Waals surface area contributed by atoms with Gasteiger partial charge in [0.2, 0.25) is 0 Å². The molecule has 1 aromatic heterocycles. The molecule has 0 bridgehead atoms. The molecule has 0 saturated heterocycles. The number of hydrogen-bond acceptors (Lipinski definition) is 6. The Hall–Kier alpha value is -2.87. The van der Waals surface area contributed by atoms with Crippen molar-refractivity contribution in [2.24, 2.45) is 0 Å². The molecule has 0 aliphatic heterocycles. The van der Waals surface area contributed by atoms with E-state index in [1.165, 1.54) is 23.9 Å². The molecule has 7 nitrogen and oxygen atoms in total. The Morgan fingerprint density at radius 2 is 1.93 bits per heavy atom. The largest absolute Gasteiger partial charge is 0.459 e. The van der Waals surface area contributed by atoms with Crippen molar-refractivity contribution < 1.29 is 14.5 Å². The fourth-order valence-corrected chi connectivity index (χ4v) is 3.66. The SMILES string of the molecule is CC(C)(C)OC(=O)Cn1c(SCc2ccccc2)nc2ccc([N+](=O)[O-])cc21. The summed E-state index contributed by atoms with van der Waals surface area (Å²) in [6.07, 6.45) is 0. The third kappa shape index (κ3) is 4.89. The van der Waals surface area contributed by atoms with Crippen molar-refractivity contribution in [3.8, 4) is 0 Å². The van der Waals surface area contributed by atoms with Crippen LogP contribution in [0, 0.1) is 10.1 Å². The number of nitro benzene ring substituents is 1. The van der Waals surface area contributed by atoms with Gasteiger partial charge in [0, 0.05) is 17.9 Å². The first-order valence-corrected chi connectivity index (χ1v) is 9.75. The van der Waals surface area contributed by atoms with E-state index in [1.54, 1.807) is 31.4 Å². The first kappa shape index (κ1) is 19.9. The van der Waals surface area contributed by atoms with Crippen LogP contribution in [0.5, 0.6) is 0 Å². The van der Waals surface area contributed by atoms with E-state index >= 15 is 0 Å². The highest BCUT2D eigenvalue weighted by Gasteiger charge is 2.21. The van der Waals surface area contributed by atoms with Gasteiger partial charge >= 0.3 is 5.97 Å². The van der Waals surface area contributed by atoms with E-state index < -0.39 is 16.5 Å². The van der Waals surface area contributed by atoms with Crippen molar-refractivity contribution >= 4 is 34.5 Å². The zero-order valence-electron chi connectivity index (χ0n) is 15.9. The summed E-state index contributed by atoms with van der Waals surface area (Å²) >= 11 is 1.47. The Bertz CT molecular complexity index is 1010. The van der Waals surface area contributed by atoms with Gasteiger partial charge < -0.3 is 9.30 Å². The third-order valence-electron chi connectivity index (χ3n) is 3.83. The van der Waals surface area contributed by atoms with Gasteiger partial charge in [0.05, 0.1) is 16.0 Å². The summed E-state index contributed by atoms with van der Waals surface area (Å²) in [5.74, 6) is 0.250. The number of nitrogens with zero attached hydrogens (tertiary/aromatic N) is 3. The number of non-ortho nitro benzene ring substituents is 1. The molecule has 0 spiro atoms. The molecule has 3 rings (SSSR count). The maximum atomic E-state index is 12.4. The monoisotopic (exact) mass is 399 g/mol.